The highest BCUT2D eigenvalue weighted by Crippen LogP contribution is 2.27. The lowest BCUT2D eigenvalue weighted by molar-refractivity contribution is 0.395. The highest BCUT2D eigenvalue weighted by Gasteiger charge is 2.18. The fourth-order valence-corrected chi connectivity index (χ4v) is 2.28. The third-order valence-electron chi connectivity index (χ3n) is 3.33. The molecule has 19 heavy (non-hydrogen) atoms. The van der Waals surface area contributed by atoms with Crippen LogP contribution in [0.4, 0.5) is 0 Å². The molecule has 2 N–H and O–H groups in total. The molecule has 2 aromatic heterocycles. The third kappa shape index (κ3) is 2.76. The SMILES string of the molecule is COc1cc(CC(N)c2c(C)oc(C)c2C)ncn1. The fraction of sp³-hybridized carbons (Fsp3) is 0.429. The summed E-state index contributed by atoms with van der Waals surface area (Å²) in [7, 11) is 1.58. The van der Waals surface area contributed by atoms with Crippen LogP contribution in [0.25, 0.3) is 0 Å². The Morgan fingerprint density at radius 2 is 2.00 bits per heavy atom. The van der Waals surface area contributed by atoms with E-state index < -0.39 is 0 Å². The molecule has 102 valence electrons. The van der Waals surface area contributed by atoms with E-state index in [2.05, 4.69) is 9.97 Å². The van der Waals surface area contributed by atoms with Gasteiger partial charge < -0.3 is 14.9 Å². The zero-order valence-corrected chi connectivity index (χ0v) is 11.7. The van der Waals surface area contributed by atoms with Gasteiger partial charge in [0.05, 0.1) is 7.11 Å². The van der Waals surface area contributed by atoms with Crippen molar-refractivity contribution in [1.82, 2.24) is 9.97 Å². The van der Waals surface area contributed by atoms with Gasteiger partial charge in [-0.15, -0.1) is 0 Å². The normalized spacial score (nSPS) is 12.5. The summed E-state index contributed by atoms with van der Waals surface area (Å²) in [6, 6.07) is 1.66. The molecule has 0 saturated carbocycles. The first-order chi connectivity index (χ1) is 9.02. The van der Waals surface area contributed by atoms with Crippen LogP contribution in [0.5, 0.6) is 5.88 Å². The third-order valence-corrected chi connectivity index (χ3v) is 3.33. The number of aryl methyl sites for hydroxylation is 2. The van der Waals surface area contributed by atoms with E-state index in [1.54, 1.807) is 13.2 Å². The number of hydrogen-bond donors (Lipinski definition) is 1. The van der Waals surface area contributed by atoms with Crippen LogP contribution in [0.3, 0.4) is 0 Å². The lowest BCUT2D eigenvalue weighted by Gasteiger charge is -2.12. The maximum atomic E-state index is 6.27. The van der Waals surface area contributed by atoms with Crippen molar-refractivity contribution in [1.29, 1.82) is 0 Å². The van der Waals surface area contributed by atoms with Gasteiger partial charge in [0, 0.05) is 29.8 Å². The molecule has 0 radical (unpaired) electrons. The monoisotopic (exact) mass is 261 g/mol. The number of rotatable bonds is 4. The lowest BCUT2D eigenvalue weighted by atomic mass is 9.99. The minimum Gasteiger partial charge on any atom is -0.481 e. The number of hydrogen-bond acceptors (Lipinski definition) is 5. The summed E-state index contributed by atoms with van der Waals surface area (Å²) in [5, 5.41) is 0. The van der Waals surface area contributed by atoms with Crippen LogP contribution < -0.4 is 10.5 Å². The van der Waals surface area contributed by atoms with E-state index in [0.29, 0.717) is 12.3 Å². The van der Waals surface area contributed by atoms with Gasteiger partial charge in [0.2, 0.25) is 5.88 Å². The first-order valence-electron chi connectivity index (χ1n) is 6.20. The molecule has 0 fully saturated rings. The fourth-order valence-electron chi connectivity index (χ4n) is 2.28. The smallest absolute Gasteiger partial charge is 0.216 e. The van der Waals surface area contributed by atoms with Crippen molar-refractivity contribution in [2.75, 3.05) is 7.11 Å². The quantitative estimate of drug-likeness (QED) is 0.913. The molecular formula is C14H19N3O2. The molecule has 2 aromatic rings. The average molecular weight is 261 g/mol. The van der Waals surface area contributed by atoms with Crippen molar-refractivity contribution >= 4 is 0 Å². The molecule has 0 aliphatic rings. The van der Waals surface area contributed by atoms with E-state index in [1.807, 2.05) is 20.8 Å². The van der Waals surface area contributed by atoms with Crippen LogP contribution in [0.1, 0.15) is 34.4 Å². The van der Waals surface area contributed by atoms with Crippen LogP contribution in [0, 0.1) is 20.8 Å². The molecule has 0 amide bonds. The highest BCUT2D eigenvalue weighted by atomic mass is 16.5. The zero-order chi connectivity index (χ0) is 14.0. The van der Waals surface area contributed by atoms with Gasteiger partial charge in [-0.2, -0.15) is 0 Å². The van der Waals surface area contributed by atoms with Gasteiger partial charge in [0.15, 0.2) is 0 Å². The molecule has 0 aliphatic heterocycles. The van der Waals surface area contributed by atoms with Crippen LogP contribution in [-0.2, 0) is 6.42 Å². The van der Waals surface area contributed by atoms with Crippen molar-refractivity contribution in [3.8, 4) is 5.88 Å². The highest BCUT2D eigenvalue weighted by molar-refractivity contribution is 5.35. The van der Waals surface area contributed by atoms with E-state index in [1.165, 1.54) is 6.33 Å². The zero-order valence-electron chi connectivity index (χ0n) is 11.7. The van der Waals surface area contributed by atoms with Crippen LogP contribution in [0.2, 0.25) is 0 Å². The van der Waals surface area contributed by atoms with Gasteiger partial charge >= 0.3 is 0 Å². The minimum atomic E-state index is -0.142. The summed E-state index contributed by atoms with van der Waals surface area (Å²) in [6.07, 6.45) is 2.11. The first kappa shape index (κ1) is 13.5. The molecule has 0 aliphatic carbocycles. The number of furan rings is 1. The van der Waals surface area contributed by atoms with Gasteiger partial charge in [-0.1, -0.05) is 0 Å². The van der Waals surface area contributed by atoms with E-state index in [0.717, 1.165) is 28.3 Å². The number of nitrogens with zero attached hydrogens (tertiary/aromatic N) is 2. The lowest BCUT2D eigenvalue weighted by Crippen LogP contribution is -2.15. The van der Waals surface area contributed by atoms with Gasteiger partial charge in [0.1, 0.15) is 17.8 Å². The second kappa shape index (κ2) is 5.40. The summed E-state index contributed by atoms with van der Waals surface area (Å²) in [5.74, 6) is 2.35. The molecule has 5 nitrogen and oxygen atoms in total. The molecule has 0 spiro atoms. The van der Waals surface area contributed by atoms with Crippen LogP contribution in [-0.4, -0.2) is 17.1 Å². The average Bonchev–Trinajstić information content (AvgIpc) is 2.63. The Balaban J connectivity index is 2.22. The van der Waals surface area contributed by atoms with Gasteiger partial charge in [-0.25, -0.2) is 9.97 Å². The topological polar surface area (TPSA) is 74.2 Å². The van der Waals surface area contributed by atoms with Crippen LogP contribution >= 0.6 is 0 Å². The van der Waals surface area contributed by atoms with Crippen molar-refractivity contribution in [3.05, 3.63) is 40.7 Å². The largest absolute Gasteiger partial charge is 0.481 e. The minimum absolute atomic E-state index is 0.142. The van der Waals surface area contributed by atoms with Crippen molar-refractivity contribution in [2.24, 2.45) is 5.73 Å². The Hall–Kier alpha value is -1.88. The first-order valence-corrected chi connectivity index (χ1v) is 6.20. The molecule has 1 atom stereocenters. The van der Waals surface area contributed by atoms with Gasteiger partial charge in [-0.3, -0.25) is 0 Å². The molecule has 0 saturated heterocycles. The van der Waals surface area contributed by atoms with Gasteiger partial charge in [-0.05, 0) is 26.3 Å². The predicted octanol–water partition coefficient (Wildman–Crippen LogP) is 2.25. The maximum absolute atomic E-state index is 6.27. The molecule has 1 unspecified atom stereocenters. The molecule has 2 rings (SSSR count). The van der Waals surface area contributed by atoms with Crippen molar-refractivity contribution < 1.29 is 9.15 Å². The summed E-state index contributed by atoms with van der Waals surface area (Å²) in [6.45, 7) is 5.92. The van der Waals surface area contributed by atoms with E-state index >= 15 is 0 Å². The second-order valence-corrected chi connectivity index (χ2v) is 4.62. The number of nitrogens with two attached hydrogens (primary N) is 1. The summed E-state index contributed by atoms with van der Waals surface area (Å²) < 4.78 is 10.7. The Labute approximate surface area is 112 Å². The van der Waals surface area contributed by atoms with Gasteiger partial charge in [0.25, 0.3) is 0 Å². The van der Waals surface area contributed by atoms with Crippen molar-refractivity contribution in [3.63, 3.8) is 0 Å². The molecule has 5 heteroatoms. The Kier molecular flexibility index (Phi) is 3.85. The predicted molar refractivity (Wildman–Crippen MR) is 72.1 cm³/mol. The van der Waals surface area contributed by atoms with Crippen LogP contribution in [0.15, 0.2) is 16.8 Å². The Morgan fingerprint density at radius 3 is 2.58 bits per heavy atom. The summed E-state index contributed by atoms with van der Waals surface area (Å²) >= 11 is 0. The summed E-state index contributed by atoms with van der Waals surface area (Å²) in [4.78, 5) is 8.20. The molecular weight excluding hydrogens is 242 g/mol. The number of methoxy groups -OCH3 is 1. The summed E-state index contributed by atoms with van der Waals surface area (Å²) in [5.41, 5.74) is 9.31. The molecule has 0 bridgehead atoms. The maximum Gasteiger partial charge on any atom is 0.216 e. The number of aromatic nitrogens is 2. The second-order valence-electron chi connectivity index (χ2n) is 4.62. The Morgan fingerprint density at radius 1 is 1.26 bits per heavy atom. The van der Waals surface area contributed by atoms with Crippen molar-refractivity contribution in [2.45, 2.75) is 33.2 Å². The van der Waals surface area contributed by atoms with E-state index in [4.69, 9.17) is 14.9 Å². The standard InChI is InChI=1S/C14H19N3O2/c1-8-9(2)19-10(3)14(8)12(15)5-11-6-13(18-4)17-7-16-11/h6-7,12H,5,15H2,1-4H3. The molecule has 0 aromatic carbocycles. The Bertz CT molecular complexity index is 578. The molecule has 2 heterocycles. The number of ether oxygens (including phenoxy) is 1. The van der Waals surface area contributed by atoms with E-state index in [9.17, 15) is 0 Å². The van der Waals surface area contributed by atoms with E-state index in [-0.39, 0.29) is 6.04 Å².